The molecule has 7 nitrogen and oxygen atoms in total. The van der Waals surface area contributed by atoms with Crippen molar-refractivity contribution < 1.29 is 19.4 Å². The maximum atomic E-state index is 12.1. The summed E-state index contributed by atoms with van der Waals surface area (Å²) in [6.45, 7) is 8.38. The molecule has 0 saturated heterocycles. The van der Waals surface area contributed by atoms with Crippen molar-refractivity contribution in [3.8, 4) is 5.75 Å². The molecule has 0 aliphatic heterocycles. The molecule has 1 N–H and O–H groups in total. The van der Waals surface area contributed by atoms with Crippen LogP contribution in [0.4, 0.5) is 0 Å². The van der Waals surface area contributed by atoms with Crippen molar-refractivity contribution in [3.05, 3.63) is 35.0 Å². The summed E-state index contributed by atoms with van der Waals surface area (Å²) in [5.41, 5.74) is -2.20. The average molecular weight is 280 g/mol. The third-order valence-electron chi connectivity index (χ3n) is 2.33. The number of rotatable bonds is 4. The Bertz CT molecular complexity index is 610. The van der Waals surface area contributed by atoms with E-state index in [-0.39, 0.29) is 6.54 Å². The number of aromatic nitrogens is 2. The standard InChI is InChI=1S/C13H16N2O5/c1-5-6-15-7-14-8(11(17)18)9(10(15)16)20-12(19)13(2,3)4/h5,7H,1,6H2,2-4H3,(H,17,18). The molecule has 0 atom stereocenters. The van der Waals surface area contributed by atoms with Crippen LogP contribution in [-0.4, -0.2) is 26.6 Å². The van der Waals surface area contributed by atoms with Gasteiger partial charge >= 0.3 is 11.9 Å². The fourth-order valence-electron chi connectivity index (χ4n) is 1.23. The van der Waals surface area contributed by atoms with Gasteiger partial charge in [-0.15, -0.1) is 6.58 Å². The van der Waals surface area contributed by atoms with Crippen molar-refractivity contribution in [3.63, 3.8) is 0 Å². The minimum Gasteiger partial charge on any atom is -0.476 e. The second-order valence-electron chi connectivity index (χ2n) is 5.11. The molecular weight excluding hydrogens is 264 g/mol. The fourth-order valence-corrected chi connectivity index (χ4v) is 1.23. The maximum Gasteiger partial charge on any atom is 0.358 e. The van der Waals surface area contributed by atoms with E-state index in [0.717, 1.165) is 10.9 Å². The molecule has 0 aliphatic rings. The Kier molecular flexibility index (Phi) is 4.44. The number of carbonyl (C=O) groups is 2. The molecule has 1 aromatic rings. The second kappa shape index (κ2) is 5.68. The molecule has 0 aliphatic carbocycles. The van der Waals surface area contributed by atoms with Crippen molar-refractivity contribution in [1.29, 1.82) is 0 Å². The highest BCUT2D eigenvalue weighted by Gasteiger charge is 2.28. The lowest BCUT2D eigenvalue weighted by atomic mass is 9.97. The van der Waals surface area contributed by atoms with Crippen LogP contribution in [-0.2, 0) is 11.3 Å². The van der Waals surface area contributed by atoms with E-state index in [2.05, 4.69) is 11.6 Å². The van der Waals surface area contributed by atoms with Gasteiger partial charge in [-0.3, -0.25) is 14.2 Å². The number of carboxylic acid groups (broad SMARTS) is 1. The lowest BCUT2D eigenvalue weighted by Crippen LogP contribution is -2.32. The normalized spacial score (nSPS) is 10.9. The van der Waals surface area contributed by atoms with Gasteiger partial charge in [0.2, 0.25) is 5.75 Å². The monoisotopic (exact) mass is 280 g/mol. The van der Waals surface area contributed by atoms with Gasteiger partial charge in [-0.1, -0.05) is 6.08 Å². The quantitative estimate of drug-likeness (QED) is 0.654. The molecule has 1 heterocycles. The third kappa shape index (κ3) is 3.31. The Morgan fingerprint density at radius 2 is 2.10 bits per heavy atom. The highest BCUT2D eigenvalue weighted by molar-refractivity contribution is 5.90. The average Bonchev–Trinajstić information content (AvgIpc) is 2.32. The number of aromatic carboxylic acids is 1. The molecule has 0 spiro atoms. The summed E-state index contributed by atoms with van der Waals surface area (Å²) < 4.78 is 6.04. The zero-order valence-electron chi connectivity index (χ0n) is 11.5. The molecule has 0 radical (unpaired) electrons. The molecule has 0 aromatic carbocycles. The Hall–Kier alpha value is -2.44. The Labute approximate surface area is 115 Å². The zero-order valence-corrected chi connectivity index (χ0v) is 11.5. The van der Waals surface area contributed by atoms with E-state index in [1.807, 2.05) is 0 Å². The van der Waals surface area contributed by atoms with Gasteiger partial charge in [-0.2, -0.15) is 0 Å². The summed E-state index contributed by atoms with van der Waals surface area (Å²) in [6.07, 6.45) is 2.51. The first kappa shape index (κ1) is 15.6. The van der Waals surface area contributed by atoms with Crippen LogP contribution >= 0.6 is 0 Å². The molecule has 0 bridgehead atoms. The van der Waals surface area contributed by atoms with Crippen LogP contribution in [0.15, 0.2) is 23.8 Å². The van der Waals surface area contributed by atoms with E-state index >= 15 is 0 Å². The number of ether oxygens (including phenoxy) is 1. The Morgan fingerprint density at radius 1 is 1.50 bits per heavy atom. The van der Waals surface area contributed by atoms with Crippen molar-refractivity contribution in [1.82, 2.24) is 9.55 Å². The van der Waals surface area contributed by atoms with Gasteiger partial charge in [-0.05, 0) is 20.8 Å². The topological polar surface area (TPSA) is 98.5 Å². The van der Waals surface area contributed by atoms with Gasteiger partial charge in [0.15, 0.2) is 5.69 Å². The van der Waals surface area contributed by atoms with E-state index in [9.17, 15) is 14.4 Å². The van der Waals surface area contributed by atoms with Gasteiger partial charge in [0.25, 0.3) is 5.56 Å². The van der Waals surface area contributed by atoms with Crippen LogP contribution in [0.2, 0.25) is 0 Å². The number of nitrogens with zero attached hydrogens (tertiary/aromatic N) is 2. The van der Waals surface area contributed by atoms with Crippen LogP contribution in [0.3, 0.4) is 0 Å². The first-order valence-corrected chi connectivity index (χ1v) is 5.84. The summed E-state index contributed by atoms with van der Waals surface area (Å²) in [5, 5.41) is 9.00. The molecule has 20 heavy (non-hydrogen) atoms. The van der Waals surface area contributed by atoms with Gasteiger partial charge in [0, 0.05) is 6.54 Å². The van der Waals surface area contributed by atoms with E-state index < -0.39 is 34.4 Å². The van der Waals surface area contributed by atoms with E-state index in [4.69, 9.17) is 9.84 Å². The van der Waals surface area contributed by atoms with Gasteiger partial charge in [0.05, 0.1) is 11.7 Å². The summed E-state index contributed by atoms with van der Waals surface area (Å²) in [4.78, 5) is 38.6. The highest BCUT2D eigenvalue weighted by Crippen LogP contribution is 2.19. The predicted molar refractivity (Wildman–Crippen MR) is 70.7 cm³/mol. The first-order valence-electron chi connectivity index (χ1n) is 5.84. The van der Waals surface area contributed by atoms with Crippen molar-refractivity contribution in [2.45, 2.75) is 27.3 Å². The number of carbonyl (C=O) groups excluding carboxylic acids is 1. The van der Waals surface area contributed by atoms with E-state index in [1.54, 1.807) is 20.8 Å². The van der Waals surface area contributed by atoms with Crippen molar-refractivity contribution >= 4 is 11.9 Å². The fraction of sp³-hybridized carbons (Fsp3) is 0.385. The minimum atomic E-state index is -1.44. The maximum absolute atomic E-state index is 12.1. The molecule has 7 heteroatoms. The van der Waals surface area contributed by atoms with E-state index in [0.29, 0.717) is 0 Å². The van der Waals surface area contributed by atoms with Crippen LogP contribution in [0, 0.1) is 5.41 Å². The minimum absolute atomic E-state index is 0.131. The summed E-state index contributed by atoms with van der Waals surface area (Å²) >= 11 is 0. The molecule has 1 aromatic heterocycles. The molecule has 1 rings (SSSR count). The first-order chi connectivity index (χ1) is 9.18. The van der Waals surface area contributed by atoms with Crippen molar-refractivity contribution in [2.24, 2.45) is 5.41 Å². The van der Waals surface area contributed by atoms with Gasteiger partial charge in [0.1, 0.15) is 0 Å². The lowest BCUT2D eigenvalue weighted by Gasteiger charge is -2.17. The molecule has 0 unspecified atom stereocenters. The molecule has 0 fully saturated rings. The largest absolute Gasteiger partial charge is 0.476 e. The number of carboxylic acids is 1. The van der Waals surface area contributed by atoms with Crippen LogP contribution in [0.25, 0.3) is 0 Å². The SMILES string of the molecule is C=CCn1cnc(C(=O)O)c(OC(=O)C(C)(C)C)c1=O. The zero-order chi connectivity index (χ0) is 15.5. The molecule has 108 valence electrons. The lowest BCUT2D eigenvalue weighted by molar-refractivity contribution is -0.143. The van der Waals surface area contributed by atoms with E-state index in [1.165, 1.54) is 6.08 Å². The summed E-state index contributed by atoms with van der Waals surface area (Å²) in [6, 6.07) is 0. The van der Waals surface area contributed by atoms with Crippen molar-refractivity contribution in [2.75, 3.05) is 0 Å². The number of allylic oxidation sites excluding steroid dienone is 1. The Morgan fingerprint density at radius 3 is 2.55 bits per heavy atom. The van der Waals surface area contributed by atoms with Gasteiger partial charge in [-0.25, -0.2) is 9.78 Å². The summed E-state index contributed by atoms with van der Waals surface area (Å²) in [7, 11) is 0. The Balaban J connectivity index is 3.37. The number of esters is 1. The van der Waals surface area contributed by atoms with Gasteiger partial charge < -0.3 is 9.84 Å². The van der Waals surface area contributed by atoms with Crippen LogP contribution < -0.4 is 10.3 Å². The number of hydrogen-bond acceptors (Lipinski definition) is 5. The predicted octanol–water partition coefficient (Wildman–Crippen LogP) is 1.08. The van der Waals surface area contributed by atoms with Crippen LogP contribution in [0.1, 0.15) is 31.3 Å². The highest BCUT2D eigenvalue weighted by atomic mass is 16.5. The third-order valence-corrected chi connectivity index (χ3v) is 2.33. The van der Waals surface area contributed by atoms with Crippen LogP contribution in [0.5, 0.6) is 5.75 Å². The molecule has 0 amide bonds. The second-order valence-corrected chi connectivity index (χ2v) is 5.11. The smallest absolute Gasteiger partial charge is 0.358 e. The molecular formula is C13H16N2O5. The number of hydrogen-bond donors (Lipinski definition) is 1. The summed E-state index contributed by atoms with van der Waals surface area (Å²) in [5.74, 6) is -2.73. The molecule has 0 saturated carbocycles.